The Morgan fingerprint density at radius 3 is 2.86 bits per heavy atom. The molecule has 1 aromatic carbocycles. The van der Waals surface area contributed by atoms with Crippen LogP contribution in [0, 0.1) is 0 Å². The molecule has 5 heteroatoms. The van der Waals surface area contributed by atoms with E-state index in [2.05, 4.69) is 28.3 Å². The molecule has 0 spiro atoms. The van der Waals surface area contributed by atoms with Crippen molar-refractivity contribution in [2.24, 2.45) is 0 Å². The summed E-state index contributed by atoms with van der Waals surface area (Å²) in [5, 5.41) is 3.35. The molecule has 1 aromatic heterocycles. The SMILES string of the molecule is CCCc1c(N)ncnc1NCCc1cccc(OC)c1. The molecule has 0 radical (unpaired) electrons. The molecule has 0 saturated heterocycles. The fraction of sp³-hybridized carbons (Fsp3) is 0.375. The Balaban J connectivity index is 1.98. The number of benzene rings is 1. The van der Waals surface area contributed by atoms with E-state index < -0.39 is 0 Å². The topological polar surface area (TPSA) is 73.1 Å². The second-order valence-electron chi connectivity index (χ2n) is 4.86. The zero-order valence-electron chi connectivity index (χ0n) is 12.6. The number of ether oxygens (including phenoxy) is 1. The summed E-state index contributed by atoms with van der Waals surface area (Å²) < 4.78 is 5.23. The molecule has 0 atom stereocenters. The maximum Gasteiger partial charge on any atom is 0.134 e. The van der Waals surface area contributed by atoms with Crippen LogP contribution in [0.2, 0.25) is 0 Å². The molecule has 21 heavy (non-hydrogen) atoms. The summed E-state index contributed by atoms with van der Waals surface area (Å²) in [5.74, 6) is 2.29. The van der Waals surface area contributed by atoms with Gasteiger partial charge in [-0.3, -0.25) is 0 Å². The zero-order valence-corrected chi connectivity index (χ0v) is 12.6. The summed E-state index contributed by atoms with van der Waals surface area (Å²) >= 11 is 0. The van der Waals surface area contributed by atoms with Crippen molar-refractivity contribution in [2.75, 3.05) is 24.7 Å². The van der Waals surface area contributed by atoms with Crippen LogP contribution in [0.25, 0.3) is 0 Å². The number of aromatic nitrogens is 2. The highest BCUT2D eigenvalue weighted by atomic mass is 16.5. The third-order valence-electron chi connectivity index (χ3n) is 3.32. The molecule has 0 bridgehead atoms. The third kappa shape index (κ3) is 4.08. The standard InChI is InChI=1S/C16H22N4O/c1-3-5-14-15(17)19-11-20-16(14)18-9-8-12-6-4-7-13(10-12)21-2/h4,6-7,10-11H,3,5,8-9H2,1-2H3,(H3,17,18,19,20). The smallest absolute Gasteiger partial charge is 0.134 e. The molecule has 0 aliphatic rings. The fourth-order valence-electron chi connectivity index (χ4n) is 2.23. The molecule has 5 nitrogen and oxygen atoms in total. The van der Waals surface area contributed by atoms with Crippen LogP contribution < -0.4 is 15.8 Å². The molecule has 0 fully saturated rings. The van der Waals surface area contributed by atoms with E-state index in [1.807, 2.05) is 18.2 Å². The Hall–Kier alpha value is -2.30. The van der Waals surface area contributed by atoms with Crippen molar-refractivity contribution in [2.45, 2.75) is 26.2 Å². The number of methoxy groups -OCH3 is 1. The van der Waals surface area contributed by atoms with Gasteiger partial charge in [-0.2, -0.15) is 0 Å². The molecule has 2 aromatic rings. The number of nitrogens with two attached hydrogens (primary N) is 1. The van der Waals surface area contributed by atoms with E-state index in [1.165, 1.54) is 11.9 Å². The van der Waals surface area contributed by atoms with Gasteiger partial charge in [-0.05, 0) is 30.5 Å². The number of nitrogens with zero attached hydrogens (tertiary/aromatic N) is 2. The average Bonchev–Trinajstić information content (AvgIpc) is 2.51. The molecule has 3 N–H and O–H groups in total. The average molecular weight is 286 g/mol. The third-order valence-corrected chi connectivity index (χ3v) is 3.32. The lowest BCUT2D eigenvalue weighted by atomic mass is 10.1. The van der Waals surface area contributed by atoms with E-state index in [9.17, 15) is 0 Å². The van der Waals surface area contributed by atoms with Crippen LogP contribution >= 0.6 is 0 Å². The predicted molar refractivity (Wildman–Crippen MR) is 85.6 cm³/mol. The number of hydrogen-bond acceptors (Lipinski definition) is 5. The quantitative estimate of drug-likeness (QED) is 0.818. The molecule has 112 valence electrons. The molecule has 0 saturated carbocycles. The van der Waals surface area contributed by atoms with Crippen LogP contribution in [-0.2, 0) is 12.8 Å². The van der Waals surface area contributed by atoms with Crippen molar-refractivity contribution in [3.8, 4) is 5.75 Å². The minimum absolute atomic E-state index is 0.565. The van der Waals surface area contributed by atoms with Gasteiger partial charge < -0.3 is 15.8 Å². The highest BCUT2D eigenvalue weighted by Crippen LogP contribution is 2.19. The summed E-state index contributed by atoms with van der Waals surface area (Å²) in [6.45, 7) is 2.91. The lowest BCUT2D eigenvalue weighted by Crippen LogP contribution is -2.11. The van der Waals surface area contributed by atoms with Crippen LogP contribution in [0.4, 0.5) is 11.6 Å². The van der Waals surface area contributed by atoms with E-state index in [1.54, 1.807) is 7.11 Å². The first kappa shape index (κ1) is 15.1. The normalized spacial score (nSPS) is 10.4. The number of hydrogen-bond donors (Lipinski definition) is 2. The fourth-order valence-corrected chi connectivity index (χ4v) is 2.23. The van der Waals surface area contributed by atoms with E-state index in [4.69, 9.17) is 10.5 Å². The van der Waals surface area contributed by atoms with Crippen molar-refractivity contribution in [3.63, 3.8) is 0 Å². The van der Waals surface area contributed by atoms with Gasteiger partial charge in [0.15, 0.2) is 0 Å². The van der Waals surface area contributed by atoms with Gasteiger partial charge in [0.25, 0.3) is 0 Å². The summed E-state index contributed by atoms with van der Waals surface area (Å²) in [4.78, 5) is 8.35. The number of nitrogens with one attached hydrogen (secondary N) is 1. The zero-order chi connectivity index (χ0) is 15.1. The Bertz CT molecular complexity index is 586. The highest BCUT2D eigenvalue weighted by molar-refractivity contribution is 5.55. The first-order chi connectivity index (χ1) is 10.2. The largest absolute Gasteiger partial charge is 0.497 e. The van der Waals surface area contributed by atoms with Gasteiger partial charge in [0.1, 0.15) is 23.7 Å². The number of nitrogen functional groups attached to an aromatic ring is 1. The monoisotopic (exact) mass is 286 g/mol. The highest BCUT2D eigenvalue weighted by Gasteiger charge is 2.07. The second kappa shape index (κ2) is 7.47. The minimum Gasteiger partial charge on any atom is -0.497 e. The van der Waals surface area contributed by atoms with Crippen molar-refractivity contribution >= 4 is 11.6 Å². The lowest BCUT2D eigenvalue weighted by molar-refractivity contribution is 0.414. The molecule has 1 heterocycles. The van der Waals surface area contributed by atoms with E-state index >= 15 is 0 Å². The molecule has 0 aliphatic carbocycles. The van der Waals surface area contributed by atoms with Crippen molar-refractivity contribution < 1.29 is 4.74 Å². The van der Waals surface area contributed by atoms with Crippen LogP contribution in [0.1, 0.15) is 24.5 Å². The van der Waals surface area contributed by atoms with Crippen LogP contribution in [0.15, 0.2) is 30.6 Å². The molecular formula is C16H22N4O. The predicted octanol–water partition coefficient (Wildman–Crippen LogP) is 2.67. The van der Waals surface area contributed by atoms with Gasteiger partial charge in [-0.1, -0.05) is 25.5 Å². The van der Waals surface area contributed by atoms with Crippen molar-refractivity contribution in [1.82, 2.24) is 9.97 Å². The van der Waals surface area contributed by atoms with Crippen LogP contribution in [0.5, 0.6) is 5.75 Å². The minimum atomic E-state index is 0.565. The first-order valence-electron chi connectivity index (χ1n) is 7.20. The van der Waals surface area contributed by atoms with Gasteiger partial charge in [-0.25, -0.2) is 9.97 Å². The van der Waals surface area contributed by atoms with Crippen LogP contribution in [0.3, 0.4) is 0 Å². The van der Waals surface area contributed by atoms with Crippen molar-refractivity contribution in [1.29, 1.82) is 0 Å². The Labute approximate surface area is 125 Å². The van der Waals surface area contributed by atoms with Gasteiger partial charge in [0.2, 0.25) is 0 Å². The van der Waals surface area contributed by atoms with Gasteiger partial charge in [0.05, 0.1) is 7.11 Å². The summed E-state index contributed by atoms with van der Waals surface area (Å²) in [5.41, 5.74) is 8.15. The summed E-state index contributed by atoms with van der Waals surface area (Å²) in [6, 6.07) is 8.08. The Morgan fingerprint density at radius 2 is 2.10 bits per heavy atom. The van der Waals surface area contributed by atoms with E-state index in [0.717, 1.165) is 42.9 Å². The second-order valence-corrected chi connectivity index (χ2v) is 4.86. The molecule has 2 rings (SSSR count). The summed E-state index contributed by atoms with van der Waals surface area (Å²) in [7, 11) is 1.68. The molecule has 0 amide bonds. The summed E-state index contributed by atoms with van der Waals surface area (Å²) in [6.07, 6.45) is 4.30. The van der Waals surface area contributed by atoms with Crippen LogP contribution in [-0.4, -0.2) is 23.6 Å². The van der Waals surface area contributed by atoms with Crippen molar-refractivity contribution in [3.05, 3.63) is 41.7 Å². The Kier molecular flexibility index (Phi) is 5.37. The molecular weight excluding hydrogens is 264 g/mol. The maximum absolute atomic E-state index is 5.92. The van der Waals surface area contributed by atoms with Gasteiger partial charge >= 0.3 is 0 Å². The lowest BCUT2D eigenvalue weighted by Gasteiger charge is -2.12. The Morgan fingerprint density at radius 1 is 1.24 bits per heavy atom. The molecule has 0 unspecified atom stereocenters. The number of rotatable bonds is 7. The van der Waals surface area contributed by atoms with E-state index in [0.29, 0.717) is 5.82 Å². The first-order valence-corrected chi connectivity index (χ1v) is 7.20. The molecule has 0 aliphatic heterocycles. The van der Waals surface area contributed by atoms with E-state index in [-0.39, 0.29) is 0 Å². The maximum atomic E-state index is 5.92. The van der Waals surface area contributed by atoms with Gasteiger partial charge in [-0.15, -0.1) is 0 Å². The number of anilines is 2. The van der Waals surface area contributed by atoms with Gasteiger partial charge in [0, 0.05) is 12.1 Å².